The SMILES string of the molecule is CCCOc1ccc2c(c1C1=CCN(C3CCNCC3)C1)OCO2. The summed E-state index contributed by atoms with van der Waals surface area (Å²) in [4.78, 5) is 2.58. The molecule has 1 N–H and O–H groups in total. The predicted octanol–water partition coefficient (Wildman–Crippen LogP) is 2.66. The molecule has 3 heterocycles. The van der Waals surface area contributed by atoms with E-state index in [4.69, 9.17) is 14.2 Å². The molecule has 3 aliphatic rings. The Morgan fingerprint density at radius 3 is 2.96 bits per heavy atom. The molecule has 0 radical (unpaired) electrons. The number of ether oxygens (including phenoxy) is 3. The largest absolute Gasteiger partial charge is 0.493 e. The van der Waals surface area contributed by atoms with Gasteiger partial charge < -0.3 is 19.5 Å². The fourth-order valence-electron chi connectivity index (χ4n) is 3.80. The lowest BCUT2D eigenvalue weighted by Crippen LogP contribution is -2.42. The van der Waals surface area contributed by atoms with Crippen molar-refractivity contribution in [2.75, 3.05) is 39.6 Å². The molecule has 1 saturated heterocycles. The first kappa shape index (κ1) is 15.8. The summed E-state index contributed by atoms with van der Waals surface area (Å²) in [6.07, 6.45) is 5.78. The van der Waals surface area contributed by atoms with Crippen LogP contribution in [0, 0.1) is 0 Å². The number of rotatable bonds is 5. The van der Waals surface area contributed by atoms with E-state index >= 15 is 0 Å². The fourth-order valence-corrected chi connectivity index (χ4v) is 3.80. The second kappa shape index (κ2) is 7.03. The summed E-state index contributed by atoms with van der Waals surface area (Å²) >= 11 is 0. The summed E-state index contributed by atoms with van der Waals surface area (Å²) in [7, 11) is 0. The number of nitrogens with zero attached hydrogens (tertiary/aromatic N) is 1. The molecule has 1 aromatic rings. The van der Waals surface area contributed by atoms with Gasteiger partial charge in [-0.25, -0.2) is 0 Å². The maximum absolute atomic E-state index is 6.00. The molecule has 0 unspecified atom stereocenters. The Kier molecular flexibility index (Phi) is 4.63. The van der Waals surface area contributed by atoms with Crippen molar-refractivity contribution in [3.05, 3.63) is 23.8 Å². The van der Waals surface area contributed by atoms with E-state index in [-0.39, 0.29) is 0 Å². The molecule has 0 spiro atoms. The summed E-state index contributed by atoms with van der Waals surface area (Å²) in [6, 6.07) is 4.65. The van der Waals surface area contributed by atoms with Crippen molar-refractivity contribution in [3.8, 4) is 17.2 Å². The van der Waals surface area contributed by atoms with Gasteiger partial charge in [-0.3, -0.25) is 4.90 Å². The number of hydrogen-bond acceptors (Lipinski definition) is 5. The zero-order valence-corrected chi connectivity index (χ0v) is 14.3. The maximum atomic E-state index is 6.00. The van der Waals surface area contributed by atoms with Crippen LogP contribution < -0.4 is 19.5 Å². The summed E-state index contributed by atoms with van der Waals surface area (Å²) < 4.78 is 17.3. The molecule has 0 aromatic heterocycles. The monoisotopic (exact) mass is 330 g/mol. The van der Waals surface area contributed by atoms with Gasteiger partial charge in [0.25, 0.3) is 0 Å². The molecule has 24 heavy (non-hydrogen) atoms. The molecule has 0 saturated carbocycles. The van der Waals surface area contributed by atoms with E-state index in [0.717, 1.165) is 62.0 Å². The highest BCUT2D eigenvalue weighted by Gasteiger charge is 2.30. The molecular formula is C19H26N2O3. The first-order valence-electron chi connectivity index (χ1n) is 9.06. The lowest BCUT2D eigenvalue weighted by atomic mass is 10.0. The summed E-state index contributed by atoms with van der Waals surface area (Å²) in [5, 5.41) is 3.45. The van der Waals surface area contributed by atoms with Gasteiger partial charge in [-0.2, -0.15) is 0 Å². The number of hydrogen-bond donors (Lipinski definition) is 1. The van der Waals surface area contributed by atoms with Crippen LogP contribution in [-0.4, -0.2) is 50.5 Å². The molecule has 4 rings (SSSR count). The fraction of sp³-hybridized carbons (Fsp3) is 0.579. The van der Waals surface area contributed by atoms with Crippen molar-refractivity contribution in [1.82, 2.24) is 10.2 Å². The van der Waals surface area contributed by atoms with E-state index in [9.17, 15) is 0 Å². The van der Waals surface area contributed by atoms with Gasteiger partial charge in [0.05, 0.1) is 12.2 Å². The Labute approximate surface area is 143 Å². The van der Waals surface area contributed by atoms with Crippen molar-refractivity contribution in [2.24, 2.45) is 0 Å². The smallest absolute Gasteiger partial charge is 0.231 e. The van der Waals surface area contributed by atoms with E-state index < -0.39 is 0 Å². The van der Waals surface area contributed by atoms with Crippen LogP contribution in [0.4, 0.5) is 0 Å². The molecule has 5 heteroatoms. The first-order valence-corrected chi connectivity index (χ1v) is 9.06. The molecular weight excluding hydrogens is 304 g/mol. The molecule has 0 amide bonds. The molecule has 3 aliphatic heterocycles. The van der Waals surface area contributed by atoms with E-state index in [2.05, 4.69) is 23.2 Å². The minimum absolute atomic E-state index is 0.296. The summed E-state index contributed by atoms with van der Waals surface area (Å²) in [6.45, 7) is 7.37. The highest BCUT2D eigenvalue weighted by atomic mass is 16.7. The maximum Gasteiger partial charge on any atom is 0.231 e. The summed E-state index contributed by atoms with van der Waals surface area (Å²) in [5.41, 5.74) is 2.40. The van der Waals surface area contributed by atoms with Gasteiger partial charge in [-0.1, -0.05) is 13.0 Å². The predicted molar refractivity (Wildman–Crippen MR) is 93.8 cm³/mol. The van der Waals surface area contributed by atoms with Crippen LogP contribution in [0.2, 0.25) is 0 Å². The van der Waals surface area contributed by atoms with Crippen LogP contribution in [-0.2, 0) is 0 Å². The van der Waals surface area contributed by atoms with Crippen LogP contribution in [0.3, 0.4) is 0 Å². The lowest BCUT2D eigenvalue weighted by Gasteiger charge is -2.31. The Bertz CT molecular complexity index is 623. The minimum Gasteiger partial charge on any atom is -0.493 e. The zero-order chi connectivity index (χ0) is 16.4. The van der Waals surface area contributed by atoms with Crippen molar-refractivity contribution in [2.45, 2.75) is 32.2 Å². The molecule has 0 aliphatic carbocycles. The first-order chi connectivity index (χ1) is 11.9. The number of fused-ring (bicyclic) bond motifs is 1. The van der Waals surface area contributed by atoms with E-state index in [1.807, 2.05) is 12.1 Å². The number of benzene rings is 1. The standard InChI is InChI=1S/C19H26N2O3/c1-2-11-22-16-3-4-17-19(24-13-23-17)18(16)14-7-10-21(12-14)15-5-8-20-9-6-15/h3-4,7,15,20H,2,5-6,8-13H2,1H3. The van der Waals surface area contributed by atoms with Crippen molar-refractivity contribution in [1.29, 1.82) is 0 Å². The highest BCUT2D eigenvalue weighted by Crippen LogP contribution is 2.45. The molecule has 5 nitrogen and oxygen atoms in total. The average Bonchev–Trinajstić information content (AvgIpc) is 3.29. The van der Waals surface area contributed by atoms with Crippen molar-refractivity contribution >= 4 is 5.57 Å². The molecule has 130 valence electrons. The Balaban J connectivity index is 1.58. The normalized spacial score (nSPS) is 21.1. The van der Waals surface area contributed by atoms with Gasteiger partial charge in [-0.05, 0) is 50.1 Å². The Morgan fingerprint density at radius 1 is 1.25 bits per heavy atom. The van der Waals surface area contributed by atoms with Gasteiger partial charge in [0.1, 0.15) is 5.75 Å². The van der Waals surface area contributed by atoms with Crippen LogP contribution in [0.15, 0.2) is 18.2 Å². The van der Waals surface area contributed by atoms with E-state index in [1.165, 1.54) is 18.4 Å². The zero-order valence-electron chi connectivity index (χ0n) is 14.3. The number of nitrogens with one attached hydrogen (secondary N) is 1. The van der Waals surface area contributed by atoms with Crippen molar-refractivity contribution < 1.29 is 14.2 Å². The van der Waals surface area contributed by atoms with Crippen LogP contribution >= 0.6 is 0 Å². The third-order valence-corrected chi connectivity index (χ3v) is 5.05. The Hall–Kier alpha value is -1.72. The topological polar surface area (TPSA) is 43.0 Å². The van der Waals surface area contributed by atoms with Crippen molar-refractivity contribution in [3.63, 3.8) is 0 Å². The third-order valence-electron chi connectivity index (χ3n) is 5.05. The second-order valence-corrected chi connectivity index (χ2v) is 6.66. The Morgan fingerprint density at radius 2 is 2.12 bits per heavy atom. The van der Waals surface area contributed by atoms with Crippen LogP contribution in [0.5, 0.6) is 17.2 Å². The van der Waals surface area contributed by atoms with Gasteiger partial charge in [0.2, 0.25) is 6.79 Å². The minimum atomic E-state index is 0.296. The van der Waals surface area contributed by atoms with Gasteiger partial charge >= 0.3 is 0 Å². The van der Waals surface area contributed by atoms with E-state index in [0.29, 0.717) is 12.8 Å². The van der Waals surface area contributed by atoms with Crippen LogP contribution in [0.25, 0.3) is 5.57 Å². The molecule has 0 atom stereocenters. The highest BCUT2D eigenvalue weighted by molar-refractivity contribution is 5.80. The second-order valence-electron chi connectivity index (χ2n) is 6.66. The third kappa shape index (κ3) is 2.98. The summed E-state index contributed by atoms with van der Waals surface area (Å²) in [5.74, 6) is 2.59. The van der Waals surface area contributed by atoms with E-state index in [1.54, 1.807) is 0 Å². The number of piperidine rings is 1. The molecule has 0 bridgehead atoms. The molecule has 1 aromatic carbocycles. The quantitative estimate of drug-likeness (QED) is 0.899. The molecule has 1 fully saturated rings. The average molecular weight is 330 g/mol. The van der Waals surface area contributed by atoms with Gasteiger partial charge in [0, 0.05) is 19.1 Å². The van der Waals surface area contributed by atoms with Gasteiger partial charge in [-0.15, -0.1) is 0 Å². The lowest BCUT2D eigenvalue weighted by molar-refractivity contribution is 0.173. The van der Waals surface area contributed by atoms with Crippen LogP contribution in [0.1, 0.15) is 31.7 Å². The van der Waals surface area contributed by atoms with Gasteiger partial charge in [0.15, 0.2) is 11.5 Å².